The Bertz CT molecular complexity index is 643. The monoisotopic (exact) mass is 319 g/mol. The Labute approximate surface area is 134 Å². The van der Waals surface area contributed by atoms with Gasteiger partial charge in [0.25, 0.3) is 0 Å². The first-order valence-corrected chi connectivity index (χ1v) is 8.49. The quantitative estimate of drug-likeness (QED) is 0.871. The Balaban J connectivity index is 1.76. The van der Waals surface area contributed by atoms with Gasteiger partial charge >= 0.3 is 0 Å². The second-order valence-electron chi connectivity index (χ2n) is 6.71. The van der Waals surface area contributed by atoms with Crippen LogP contribution >= 0.6 is 11.3 Å². The van der Waals surface area contributed by atoms with Crippen LogP contribution in [0.25, 0.3) is 0 Å². The normalized spacial score (nSPS) is 18.9. The molecule has 7 heteroatoms. The van der Waals surface area contributed by atoms with Gasteiger partial charge in [-0.3, -0.25) is 4.79 Å². The zero-order chi connectivity index (χ0) is 15.7. The van der Waals surface area contributed by atoms with Crippen molar-refractivity contribution in [2.24, 2.45) is 0 Å². The van der Waals surface area contributed by atoms with Gasteiger partial charge in [-0.25, -0.2) is 4.68 Å². The lowest BCUT2D eigenvalue weighted by atomic mass is 9.96. The number of hydrogen-bond donors (Lipinski definition) is 0. The number of tetrazole rings is 1. The highest BCUT2D eigenvalue weighted by atomic mass is 32.1. The predicted molar refractivity (Wildman–Crippen MR) is 84.5 cm³/mol. The molecular formula is C15H21N5OS. The fourth-order valence-electron chi connectivity index (χ4n) is 2.94. The summed E-state index contributed by atoms with van der Waals surface area (Å²) in [5, 5.41) is 16.0. The van der Waals surface area contributed by atoms with E-state index in [1.807, 2.05) is 25.7 Å². The van der Waals surface area contributed by atoms with Crippen LogP contribution in [-0.4, -0.2) is 37.6 Å². The molecule has 0 unspecified atom stereocenters. The number of amides is 1. The molecule has 0 bridgehead atoms. The van der Waals surface area contributed by atoms with E-state index in [0.29, 0.717) is 0 Å². The van der Waals surface area contributed by atoms with Crippen LogP contribution in [0.1, 0.15) is 51.0 Å². The third kappa shape index (κ3) is 2.90. The summed E-state index contributed by atoms with van der Waals surface area (Å²) in [6, 6.07) is 2.31. The van der Waals surface area contributed by atoms with Gasteiger partial charge in [0.2, 0.25) is 5.91 Å². The Morgan fingerprint density at radius 2 is 2.27 bits per heavy atom. The zero-order valence-corrected chi connectivity index (χ0v) is 14.0. The van der Waals surface area contributed by atoms with Gasteiger partial charge in [-0.05, 0) is 45.7 Å². The van der Waals surface area contributed by atoms with Gasteiger partial charge in [0.15, 0.2) is 5.82 Å². The fourth-order valence-corrected chi connectivity index (χ4v) is 3.65. The summed E-state index contributed by atoms with van der Waals surface area (Å²) in [5.74, 6) is 0.832. The lowest BCUT2D eigenvalue weighted by Gasteiger charge is -2.25. The van der Waals surface area contributed by atoms with Crippen LogP contribution in [0.15, 0.2) is 16.8 Å². The lowest BCUT2D eigenvalue weighted by Crippen LogP contribution is -2.35. The number of carbonyl (C=O) groups is 1. The minimum absolute atomic E-state index is 0.0894. The molecule has 1 saturated heterocycles. The van der Waals surface area contributed by atoms with Gasteiger partial charge in [-0.2, -0.15) is 11.3 Å². The molecule has 0 aliphatic carbocycles. The summed E-state index contributed by atoms with van der Waals surface area (Å²) in [6.07, 6.45) is 2.08. The molecule has 1 aliphatic heterocycles. The number of aromatic nitrogens is 4. The molecule has 118 valence electrons. The molecule has 22 heavy (non-hydrogen) atoms. The molecule has 3 heterocycles. The maximum Gasteiger partial charge on any atom is 0.244 e. The molecule has 2 aromatic heterocycles. The highest BCUT2D eigenvalue weighted by Gasteiger charge is 2.31. The first kappa shape index (κ1) is 15.1. The average Bonchev–Trinajstić information content (AvgIpc) is 3.18. The van der Waals surface area contributed by atoms with Crippen LogP contribution in [0.3, 0.4) is 0 Å². The van der Waals surface area contributed by atoms with Gasteiger partial charge in [0, 0.05) is 12.0 Å². The molecule has 0 radical (unpaired) electrons. The number of thiophene rings is 1. The van der Waals surface area contributed by atoms with Crippen LogP contribution in [0.4, 0.5) is 0 Å². The molecule has 3 rings (SSSR count). The van der Waals surface area contributed by atoms with E-state index < -0.39 is 0 Å². The third-order valence-corrected chi connectivity index (χ3v) is 4.69. The van der Waals surface area contributed by atoms with Crippen molar-refractivity contribution < 1.29 is 4.79 Å². The highest BCUT2D eigenvalue weighted by Crippen LogP contribution is 2.33. The van der Waals surface area contributed by atoms with Gasteiger partial charge in [-0.15, -0.1) is 5.10 Å². The number of hydrogen-bond acceptors (Lipinski definition) is 5. The molecule has 0 aromatic carbocycles. The van der Waals surface area contributed by atoms with Gasteiger partial charge in [0.05, 0.1) is 6.04 Å². The SMILES string of the molecule is CC(C)(C)c1nnnn1CC(=O)N1CCC[C@@H]1c1ccsc1. The van der Waals surface area contributed by atoms with Crippen molar-refractivity contribution in [3.63, 3.8) is 0 Å². The number of nitrogens with zero attached hydrogens (tertiary/aromatic N) is 5. The third-order valence-electron chi connectivity index (χ3n) is 3.99. The van der Waals surface area contributed by atoms with E-state index in [-0.39, 0.29) is 23.9 Å². The van der Waals surface area contributed by atoms with Crippen molar-refractivity contribution in [1.82, 2.24) is 25.1 Å². The zero-order valence-electron chi connectivity index (χ0n) is 13.2. The second kappa shape index (κ2) is 5.79. The molecule has 1 aliphatic rings. The average molecular weight is 319 g/mol. The lowest BCUT2D eigenvalue weighted by molar-refractivity contribution is -0.133. The van der Waals surface area contributed by atoms with Gasteiger partial charge in [0.1, 0.15) is 6.54 Å². The molecule has 2 aromatic rings. The summed E-state index contributed by atoms with van der Waals surface area (Å²) in [6.45, 7) is 7.16. The predicted octanol–water partition coefficient (Wildman–Crippen LogP) is 2.40. The Hall–Kier alpha value is -1.76. The van der Waals surface area contributed by atoms with Crippen LogP contribution in [0.5, 0.6) is 0 Å². The minimum atomic E-state index is -0.179. The summed E-state index contributed by atoms with van der Waals surface area (Å²) in [7, 11) is 0. The maximum absolute atomic E-state index is 12.7. The van der Waals surface area contributed by atoms with Gasteiger partial charge in [-0.1, -0.05) is 20.8 Å². The van der Waals surface area contributed by atoms with Crippen LogP contribution in [0.2, 0.25) is 0 Å². The summed E-state index contributed by atoms with van der Waals surface area (Å²) >= 11 is 1.68. The summed E-state index contributed by atoms with van der Waals surface area (Å²) in [5.41, 5.74) is 1.06. The van der Waals surface area contributed by atoms with E-state index in [9.17, 15) is 4.79 Å². The smallest absolute Gasteiger partial charge is 0.244 e. The minimum Gasteiger partial charge on any atom is -0.334 e. The highest BCUT2D eigenvalue weighted by molar-refractivity contribution is 7.07. The molecular weight excluding hydrogens is 298 g/mol. The van der Waals surface area contributed by atoms with Crippen LogP contribution < -0.4 is 0 Å². The Morgan fingerprint density at radius 3 is 2.95 bits per heavy atom. The molecule has 0 saturated carbocycles. The maximum atomic E-state index is 12.7. The van der Waals surface area contributed by atoms with Gasteiger partial charge < -0.3 is 4.90 Å². The standard InChI is InChI=1S/C15H21N5OS/c1-15(2,3)14-16-17-18-20(14)9-13(21)19-7-4-5-12(19)11-6-8-22-10-11/h6,8,10,12H,4-5,7,9H2,1-3H3/t12-/m1/s1. The summed E-state index contributed by atoms with van der Waals surface area (Å²) < 4.78 is 1.63. The number of likely N-dealkylation sites (tertiary alicyclic amines) is 1. The number of rotatable bonds is 3. The van der Waals surface area contributed by atoms with E-state index in [1.54, 1.807) is 16.0 Å². The molecule has 1 atom stereocenters. The summed E-state index contributed by atoms with van der Waals surface area (Å²) in [4.78, 5) is 14.7. The molecule has 6 nitrogen and oxygen atoms in total. The van der Waals surface area contributed by atoms with E-state index in [0.717, 1.165) is 25.2 Å². The van der Waals surface area contributed by atoms with Crippen molar-refractivity contribution in [1.29, 1.82) is 0 Å². The van der Waals surface area contributed by atoms with E-state index in [2.05, 4.69) is 32.4 Å². The van der Waals surface area contributed by atoms with Crippen molar-refractivity contribution in [3.8, 4) is 0 Å². The fraction of sp³-hybridized carbons (Fsp3) is 0.600. The molecule has 1 amide bonds. The molecule has 1 fully saturated rings. The van der Waals surface area contributed by atoms with E-state index >= 15 is 0 Å². The van der Waals surface area contributed by atoms with Crippen LogP contribution in [0, 0.1) is 0 Å². The van der Waals surface area contributed by atoms with E-state index in [4.69, 9.17) is 0 Å². The molecule has 0 spiro atoms. The number of carbonyl (C=O) groups excluding carboxylic acids is 1. The Kier molecular flexibility index (Phi) is 3.99. The van der Waals surface area contributed by atoms with E-state index in [1.165, 1.54) is 5.56 Å². The van der Waals surface area contributed by atoms with Crippen molar-refractivity contribution in [3.05, 3.63) is 28.2 Å². The van der Waals surface area contributed by atoms with Crippen molar-refractivity contribution in [2.75, 3.05) is 6.54 Å². The first-order valence-electron chi connectivity index (χ1n) is 7.55. The topological polar surface area (TPSA) is 63.9 Å². The van der Waals surface area contributed by atoms with Crippen molar-refractivity contribution >= 4 is 17.2 Å². The van der Waals surface area contributed by atoms with Crippen molar-refractivity contribution in [2.45, 2.75) is 51.6 Å². The second-order valence-corrected chi connectivity index (χ2v) is 7.49. The molecule has 0 N–H and O–H groups in total. The largest absolute Gasteiger partial charge is 0.334 e. The van der Waals surface area contributed by atoms with Crippen LogP contribution in [-0.2, 0) is 16.8 Å². The Morgan fingerprint density at radius 1 is 1.45 bits per heavy atom. The first-order chi connectivity index (χ1) is 10.5.